The highest BCUT2D eigenvalue weighted by Gasteiger charge is 2.06. The van der Waals surface area contributed by atoms with Crippen LogP contribution in [0.1, 0.15) is 18.4 Å². The predicted octanol–water partition coefficient (Wildman–Crippen LogP) is 1.96. The van der Waals surface area contributed by atoms with Crippen molar-refractivity contribution in [1.29, 1.82) is 0 Å². The van der Waals surface area contributed by atoms with Crippen molar-refractivity contribution in [3.63, 3.8) is 0 Å². The number of hydrogen-bond acceptors (Lipinski definition) is 2. The molecule has 132 valence electrons. The van der Waals surface area contributed by atoms with Crippen LogP contribution in [0.25, 0.3) is 0 Å². The minimum absolute atomic E-state index is 0.128. The third-order valence-corrected chi connectivity index (χ3v) is 3.46. The molecule has 1 amide bonds. The predicted molar refractivity (Wildman–Crippen MR) is 96.5 cm³/mol. The smallest absolute Gasteiger partial charge is 0.224 e. The minimum Gasteiger partial charge on any atom is -0.354 e. The van der Waals surface area contributed by atoms with Crippen LogP contribution >= 0.6 is 0 Å². The number of hydrogen-bond donors (Lipinski definition) is 2. The fourth-order valence-electron chi connectivity index (χ4n) is 2.23. The Hall–Kier alpha value is -2.37. The Bertz CT molecular complexity index is 560. The number of amides is 1. The lowest BCUT2D eigenvalue weighted by molar-refractivity contribution is -0.120. The topological polar surface area (TPSA) is 56.7 Å². The Kier molecular flexibility index (Phi) is 9.19. The number of guanidine groups is 1. The molecule has 5 nitrogen and oxygen atoms in total. The third kappa shape index (κ3) is 7.76. The van der Waals surface area contributed by atoms with Crippen molar-refractivity contribution in [1.82, 2.24) is 15.5 Å². The van der Waals surface area contributed by atoms with E-state index in [1.165, 1.54) is 12.1 Å². The first-order valence-electron chi connectivity index (χ1n) is 8.10. The molecule has 0 spiro atoms. The van der Waals surface area contributed by atoms with Crippen LogP contribution < -0.4 is 10.6 Å². The molecule has 0 fully saturated rings. The van der Waals surface area contributed by atoms with Gasteiger partial charge in [0.2, 0.25) is 5.91 Å². The van der Waals surface area contributed by atoms with Crippen LogP contribution in [0.4, 0.5) is 4.39 Å². The molecule has 0 aliphatic carbocycles. The standard InChI is InChI=1S/C18H27FN4O/c1-4-5-6-12-23(3)18(20-2)22-11-10-21-17(24)14-15-8-7-9-16(19)13-15/h4,7-9,13H,1,5-6,10-12,14H2,2-3H3,(H,20,22)(H,21,24). The van der Waals surface area contributed by atoms with Crippen LogP contribution in [-0.2, 0) is 11.2 Å². The molecule has 0 aliphatic heterocycles. The van der Waals surface area contributed by atoms with Gasteiger partial charge in [0.25, 0.3) is 0 Å². The highest BCUT2D eigenvalue weighted by atomic mass is 19.1. The van der Waals surface area contributed by atoms with Crippen molar-refractivity contribution in [3.05, 3.63) is 48.3 Å². The van der Waals surface area contributed by atoms with Gasteiger partial charge < -0.3 is 15.5 Å². The summed E-state index contributed by atoms with van der Waals surface area (Å²) in [5, 5.41) is 6.01. The maximum Gasteiger partial charge on any atom is 0.224 e. The van der Waals surface area contributed by atoms with Gasteiger partial charge in [0.05, 0.1) is 6.42 Å². The summed E-state index contributed by atoms with van der Waals surface area (Å²) in [4.78, 5) is 18.1. The fraction of sp³-hybridized carbons (Fsp3) is 0.444. The maximum atomic E-state index is 13.1. The number of unbranched alkanes of at least 4 members (excludes halogenated alkanes) is 1. The quantitative estimate of drug-likeness (QED) is 0.314. The Balaban J connectivity index is 2.26. The Labute approximate surface area is 143 Å². The number of aliphatic imine (C=N–C) groups is 1. The van der Waals surface area contributed by atoms with Crippen LogP contribution in [-0.4, -0.2) is 50.5 Å². The summed E-state index contributed by atoms with van der Waals surface area (Å²) in [7, 11) is 3.70. The van der Waals surface area contributed by atoms with Crippen LogP contribution in [0.15, 0.2) is 41.9 Å². The zero-order chi connectivity index (χ0) is 17.8. The molecule has 0 aliphatic rings. The lowest BCUT2D eigenvalue weighted by atomic mass is 10.1. The lowest BCUT2D eigenvalue weighted by Crippen LogP contribution is -2.43. The van der Waals surface area contributed by atoms with Gasteiger partial charge in [0.15, 0.2) is 5.96 Å². The highest BCUT2D eigenvalue weighted by molar-refractivity contribution is 5.80. The van der Waals surface area contributed by atoms with Gasteiger partial charge >= 0.3 is 0 Å². The number of carbonyl (C=O) groups is 1. The SMILES string of the molecule is C=CCCCN(C)C(=NC)NCCNC(=O)Cc1cccc(F)c1. The second-order valence-corrected chi connectivity index (χ2v) is 5.48. The molecule has 0 radical (unpaired) electrons. The third-order valence-electron chi connectivity index (χ3n) is 3.46. The molecule has 0 aromatic heterocycles. The molecule has 0 saturated carbocycles. The molecule has 0 heterocycles. The second-order valence-electron chi connectivity index (χ2n) is 5.48. The summed E-state index contributed by atoms with van der Waals surface area (Å²) < 4.78 is 13.1. The summed E-state index contributed by atoms with van der Waals surface area (Å²) in [6.45, 7) is 5.65. The lowest BCUT2D eigenvalue weighted by Gasteiger charge is -2.21. The van der Waals surface area contributed by atoms with Crippen LogP contribution in [0, 0.1) is 5.82 Å². The first kappa shape index (κ1) is 19.7. The monoisotopic (exact) mass is 334 g/mol. The Morgan fingerprint density at radius 2 is 2.12 bits per heavy atom. The van der Waals surface area contributed by atoms with Crippen molar-refractivity contribution in [2.75, 3.05) is 33.7 Å². The Morgan fingerprint density at radius 1 is 1.38 bits per heavy atom. The van der Waals surface area contributed by atoms with Crippen LogP contribution in [0.2, 0.25) is 0 Å². The molecular weight excluding hydrogens is 307 g/mol. The van der Waals surface area contributed by atoms with Gasteiger partial charge in [-0.1, -0.05) is 18.2 Å². The van der Waals surface area contributed by atoms with E-state index >= 15 is 0 Å². The highest BCUT2D eigenvalue weighted by Crippen LogP contribution is 2.03. The molecule has 1 aromatic carbocycles. The van der Waals surface area contributed by atoms with Crippen LogP contribution in [0.5, 0.6) is 0 Å². The number of rotatable bonds is 9. The van der Waals surface area contributed by atoms with Crippen molar-refractivity contribution in [2.45, 2.75) is 19.3 Å². The van der Waals surface area contributed by atoms with E-state index in [2.05, 4.69) is 22.2 Å². The summed E-state index contributed by atoms with van der Waals surface area (Å²) in [5.41, 5.74) is 0.665. The molecule has 2 N–H and O–H groups in total. The average Bonchev–Trinajstić information content (AvgIpc) is 2.55. The van der Waals surface area contributed by atoms with Gasteiger partial charge in [-0.25, -0.2) is 4.39 Å². The zero-order valence-corrected chi connectivity index (χ0v) is 14.5. The summed E-state index contributed by atoms with van der Waals surface area (Å²) in [5.74, 6) is 0.334. The molecule has 6 heteroatoms. The number of nitrogens with one attached hydrogen (secondary N) is 2. The van der Waals surface area contributed by atoms with Crippen molar-refractivity contribution in [2.24, 2.45) is 4.99 Å². The fourth-order valence-corrected chi connectivity index (χ4v) is 2.23. The molecule has 0 atom stereocenters. The number of allylic oxidation sites excluding steroid dienone is 1. The zero-order valence-electron chi connectivity index (χ0n) is 14.5. The van der Waals surface area contributed by atoms with Gasteiger partial charge in [-0.15, -0.1) is 6.58 Å². The summed E-state index contributed by atoms with van der Waals surface area (Å²) in [6.07, 6.45) is 4.06. The molecule has 24 heavy (non-hydrogen) atoms. The van der Waals surface area contributed by atoms with E-state index in [1.54, 1.807) is 19.2 Å². The van der Waals surface area contributed by atoms with Crippen LogP contribution in [0.3, 0.4) is 0 Å². The molecular formula is C18H27FN4O. The van der Waals surface area contributed by atoms with E-state index < -0.39 is 0 Å². The summed E-state index contributed by atoms with van der Waals surface area (Å²) in [6, 6.07) is 6.08. The van der Waals surface area contributed by atoms with Gasteiger partial charge in [-0.3, -0.25) is 9.79 Å². The number of halogens is 1. The number of nitrogens with zero attached hydrogens (tertiary/aromatic N) is 2. The minimum atomic E-state index is -0.328. The normalized spacial score (nSPS) is 11.0. The molecule has 0 bridgehead atoms. The first-order chi connectivity index (χ1) is 11.6. The first-order valence-corrected chi connectivity index (χ1v) is 8.10. The number of benzene rings is 1. The average molecular weight is 334 g/mol. The molecule has 0 saturated heterocycles. The van der Waals surface area contributed by atoms with Gasteiger partial charge in [-0.2, -0.15) is 0 Å². The second kappa shape index (κ2) is 11.2. The van der Waals surface area contributed by atoms with Crippen molar-refractivity contribution < 1.29 is 9.18 Å². The summed E-state index contributed by atoms with van der Waals surface area (Å²) >= 11 is 0. The maximum absolute atomic E-state index is 13.1. The van der Waals surface area contributed by atoms with E-state index in [0.29, 0.717) is 18.7 Å². The molecule has 1 rings (SSSR count). The van der Waals surface area contributed by atoms with Gasteiger partial charge in [0, 0.05) is 33.7 Å². The van der Waals surface area contributed by atoms with Crippen molar-refractivity contribution in [3.8, 4) is 0 Å². The Morgan fingerprint density at radius 3 is 2.79 bits per heavy atom. The number of carbonyl (C=O) groups excluding carboxylic acids is 1. The van der Waals surface area contributed by atoms with Crippen molar-refractivity contribution >= 4 is 11.9 Å². The van der Waals surface area contributed by atoms with E-state index in [0.717, 1.165) is 25.3 Å². The molecule has 1 aromatic rings. The van der Waals surface area contributed by atoms with E-state index in [-0.39, 0.29) is 18.1 Å². The van der Waals surface area contributed by atoms with E-state index in [9.17, 15) is 9.18 Å². The van der Waals surface area contributed by atoms with Gasteiger partial charge in [-0.05, 0) is 30.5 Å². The largest absolute Gasteiger partial charge is 0.354 e. The van der Waals surface area contributed by atoms with Gasteiger partial charge in [0.1, 0.15) is 5.82 Å². The van der Waals surface area contributed by atoms with E-state index in [1.807, 2.05) is 18.0 Å². The van der Waals surface area contributed by atoms with E-state index in [4.69, 9.17) is 0 Å². The molecule has 0 unspecified atom stereocenters.